The Morgan fingerprint density at radius 1 is 1.00 bits per heavy atom. The minimum Gasteiger partial charge on any atom is -0.265 e. The molecule has 2 heteroatoms. The molecule has 2 nitrogen and oxygen atoms in total. The average Bonchev–Trinajstić information content (AvgIpc) is 1.96. The Labute approximate surface area is 48.4 Å². The van der Waals surface area contributed by atoms with E-state index in [1.54, 1.807) is 12.4 Å². The minimum atomic E-state index is 1.75. The van der Waals surface area contributed by atoms with Crippen molar-refractivity contribution in [3.05, 3.63) is 30.6 Å². The highest BCUT2D eigenvalue weighted by Gasteiger charge is 1.58. The first-order valence-corrected chi connectivity index (χ1v) is 2.11. The minimum absolute atomic E-state index is 1.75. The number of nitrogens with zero attached hydrogens (tertiary/aromatic N) is 2. The fourth-order valence-electron chi connectivity index (χ4n) is 0.313. The highest BCUT2D eigenvalue weighted by atomic mass is 14.6. The summed E-state index contributed by atoms with van der Waals surface area (Å²) in [6, 6.07) is 5.72. The van der Waals surface area contributed by atoms with Gasteiger partial charge < -0.3 is 0 Å². The number of hydrogen-bond donors (Lipinski definition) is 0. The third-order valence-corrected chi connectivity index (χ3v) is 0.566. The van der Waals surface area contributed by atoms with E-state index >= 15 is 0 Å². The van der Waals surface area contributed by atoms with Gasteiger partial charge in [-0.2, -0.15) is 0 Å². The number of rotatable bonds is 0. The molecule has 0 aliphatic carbocycles. The second kappa shape index (κ2) is 5.64. The van der Waals surface area contributed by atoms with E-state index in [1.807, 2.05) is 18.2 Å². The quantitative estimate of drug-likeness (QED) is 0.498. The van der Waals surface area contributed by atoms with Crippen LogP contribution in [0.1, 0.15) is 0 Å². The molecule has 0 saturated heterocycles. The Bertz CT molecular complexity index is 107. The molecule has 0 aliphatic rings. The molecule has 1 aromatic rings. The van der Waals surface area contributed by atoms with Crippen LogP contribution in [0.3, 0.4) is 0 Å². The molecule has 1 rings (SSSR count). The van der Waals surface area contributed by atoms with Crippen molar-refractivity contribution in [1.29, 1.82) is 5.26 Å². The number of hydrogen-bond acceptors (Lipinski definition) is 2. The van der Waals surface area contributed by atoms with Gasteiger partial charge in [0.05, 0.1) is 0 Å². The lowest BCUT2D eigenvalue weighted by Gasteiger charge is -1.70. The van der Waals surface area contributed by atoms with Crippen LogP contribution < -0.4 is 0 Å². The average molecular weight is 106 g/mol. The van der Waals surface area contributed by atoms with Crippen molar-refractivity contribution < 1.29 is 0 Å². The maximum absolute atomic E-state index is 6.50. The third-order valence-electron chi connectivity index (χ3n) is 0.566. The Morgan fingerprint density at radius 3 is 1.62 bits per heavy atom. The summed E-state index contributed by atoms with van der Waals surface area (Å²) < 4.78 is 0. The molecule has 1 aromatic heterocycles. The summed E-state index contributed by atoms with van der Waals surface area (Å²) in [4.78, 5) is 3.78. The Kier molecular flexibility index (Phi) is 4.68. The standard InChI is InChI=1S/C5H5N.CHN/c1-2-4-6-5-3-1;1-2/h1-5H;1H. The topological polar surface area (TPSA) is 36.7 Å². The first-order valence-electron chi connectivity index (χ1n) is 2.11. The van der Waals surface area contributed by atoms with E-state index in [0.29, 0.717) is 0 Å². The van der Waals surface area contributed by atoms with Crippen molar-refractivity contribution in [2.75, 3.05) is 0 Å². The maximum atomic E-state index is 6.50. The van der Waals surface area contributed by atoms with E-state index in [-0.39, 0.29) is 0 Å². The third kappa shape index (κ3) is 2.86. The highest BCUT2D eigenvalue weighted by molar-refractivity contribution is 4.88. The fourth-order valence-corrected chi connectivity index (χ4v) is 0.313. The van der Waals surface area contributed by atoms with Gasteiger partial charge in [0.1, 0.15) is 0 Å². The Balaban J connectivity index is 0.000000222. The second-order valence-corrected chi connectivity index (χ2v) is 1.02. The summed E-state index contributed by atoms with van der Waals surface area (Å²) in [5.41, 5.74) is 0. The van der Waals surface area contributed by atoms with Crippen LogP contribution >= 0.6 is 0 Å². The molecular formula is C6H6N2. The molecule has 0 unspecified atom stereocenters. The van der Waals surface area contributed by atoms with Crippen molar-refractivity contribution in [3.8, 4) is 6.57 Å². The van der Waals surface area contributed by atoms with E-state index in [9.17, 15) is 0 Å². The van der Waals surface area contributed by atoms with Gasteiger partial charge in [-0.15, -0.1) is 0 Å². The van der Waals surface area contributed by atoms with Crippen LogP contribution in [0.2, 0.25) is 0 Å². The van der Waals surface area contributed by atoms with Crippen molar-refractivity contribution in [1.82, 2.24) is 4.98 Å². The summed E-state index contributed by atoms with van der Waals surface area (Å²) in [7, 11) is 0. The molecule has 8 heavy (non-hydrogen) atoms. The van der Waals surface area contributed by atoms with Gasteiger partial charge in [-0.05, 0) is 12.1 Å². The zero-order chi connectivity index (χ0) is 6.24. The molecule has 0 aromatic carbocycles. The number of pyridine rings is 1. The predicted molar refractivity (Wildman–Crippen MR) is 30.9 cm³/mol. The van der Waals surface area contributed by atoms with Gasteiger partial charge in [0.2, 0.25) is 0 Å². The molecule has 0 bridgehead atoms. The van der Waals surface area contributed by atoms with Gasteiger partial charge in [-0.25, -0.2) is 5.26 Å². The monoisotopic (exact) mass is 106 g/mol. The zero-order valence-corrected chi connectivity index (χ0v) is 4.36. The van der Waals surface area contributed by atoms with Crippen LogP contribution in [0.15, 0.2) is 30.6 Å². The summed E-state index contributed by atoms with van der Waals surface area (Å²) in [5.74, 6) is 0. The molecule has 0 saturated carbocycles. The Hall–Kier alpha value is -1.36. The number of nitriles is 1. The normalized spacial score (nSPS) is 6.25. The fraction of sp³-hybridized carbons (Fsp3) is 0. The molecule has 40 valence electrons. The Morgan fingerprint density at radius 2 is 1.50 bits per heavy atom. The first-order chi connectivity index (χ1) is 4.00. The summed E-state index contributed by atoms with van der Waals surface area (Å²) in [6.45, 7) is 3.50. The van der Waals surface area contributed by atoms with Crippen LogP contribution in [0.4, 0.5) is 0 Å². The first kappa shape index (κ1) is 6.64. The van der Waals surface area contributed by atoms with Crippen LogP contribution in [-0.2, 0) is 0 Å². The van der Waals surface area contributed by atoms with Gasteiger partial charge >= 0.3 is 0 Å². The summed E-state index contributed by atoms with van der Waals surface area (Å²) >= 11 is 0. The van der Waals surface area contributed by atoms with Gasteiger partial charge in [-0.3, -0.25) is 4.98 Å². The molecule has 0 amide bonds. The van der Waals surface area contributed by atoms with Crippen molar-refractivity contribution in [2.45, 2.75) is 0 Å². The van der Waals surface area contributed by atoms with E-state index in [2.05, 4.69) is 11.6 Å². The summed E-state index contributed by atoms with van der Waals surface area (Å²) in [5, 5.41) is 6.50. The van der Waals surface area contributed by atoms with Gasteiger partial charge in [0.15, 0.2) is 0 Å². The van der Waals surface area contributed by atoms with Crippen molar-refractivity contribution in [3.63, 3.8) is 0 Å². The molecule has 0 atom stereocenters. The van der Waals surface area contributed by atoms with Crippen LogP contribution in [0, 0.1) is 11.8 Å². The lowest BCUT2D eigenvalue weighted by atomic mass is 10.5. The molecule has 0 fully saturated rings. The van der Waals surface area contributed by atoms with Crippen LogP contribution in [0.5, 0.6) is 0 Å². The SMILES string of the molecule is C#N.c1ccncc1. The lowest BCUT2D eigenvalue weighted by molar-refractivity contribution is 1.33. The van der Waals surface area contributed by atoms with E-state index in [1.165, 1.54) is 0 Å². The molecule has 0 aliphatic heterocycles. The maximum Gasteiger partial charge on any atom is 0.0462 e. The molecular weight excluding hydrogens is 100 g/mol. The molecule has 0 radical (unpaired) electrons. The predicted octanol–water partition coefficient (Wildman–Crippen LogP) is 1.22. The van der Waals surface area contributed by atoms with E-state index in [0.717, 1.165) is 0 Å². The molecule has 0 N–H and O–H groups in total. The van der Waals surface area contributed by atoms with Gasteiger partial charge in [0, 0.05) is 19.0 Å². The number of aromatic nitrogens is 1. The molecule has 1 heterocycles. The zero-order valence-electron chi connectivity index (χ0n) is 4.36. The van der Waals surface area contributed by atoms with Crippen LogP contribution in [0.25, 0.3) is 0 Å². The van der Waals surface area contributed by atoms with E-state index < -0.39 is 0 Å². The van der Waals surface area contributed by atoms with E-state index in [4.69, 9.17) is 5.26 Å². The van der Waals surface area contributed by atoms with Gasteiger partial charge in [0.25, 0.3) is 0 Å². The van der Waals surface area contributed by atoms with Crippen molar-refractivity contribution in [2.24, 2.45) is 0 Å². The molecule has 0 spiro atoms. The smallest absolute Gasteiger partial charge is 0.0462 e. The lowest BCUT2D eigenvalue weighted by Crippen LogP contribution is -1.58. The second-order valence-electron chi connectivity index (χ2n) is 1.02. The van der Waals surface area contributed by atoms with Crippen molar-refractivity contribution >= 4 is 0 Å². The largest absolute Gasteiger partial charge is 0.265 e. The highest BCUT2D eigenvalue weighted by Crippen LogP contribution is 1.73. The summed E-state index contributed by atoms with van der Waals surface area (Å²) in [6.07, 6.45) is 3.50. The van der Waals surface area contributed by atoms with Gasteiger partial charge in [-0.1, -0.05) is 6.07 Å². The van der Waals surface area contributed by atoms with Crippen LogP contribution in [-0.4, -0.2) is 4.98 Å².